The normalized spacial score (nSPS) is 26.1. The first-order chi connectivity index (χ1) is 6.29. The first-order valence-corrected chi connectivity index (χ1v) is 4.49. The second-order valence-electron chi connectivity index (χ2n) is 4.27. The largest absolute Gasteiger partial charge is 0.458 e. The van der Waals surface area contributed by atoms with E-state index in [2.05, 4.69) is 10.1 Å². The zero-order valence-electron chi connectivity index (χ0n) is 8.79. The van der Waals surface area contributed by atoms with Crippen molar-refractivity contribution < 1.29 is 19.1 Å². The monoisotopic (exact) mass is 201 g/mol. The van der Waals surface area contributed by atoms with Crippen LogP contribution in [0.1, 0.15) is 27.7 Å². The molecule has 1 heterocycles. The van der Waals surface area contributed by atoms with E-state index in [0.717, 1.165) is 0 Å². The smallest absolute Gasteiger partial charge is 0.408 e. The van der Waals surface area contributed by atoms with Crippen LogP contribution in [0.5, 0.6) is 0 Å². The summed E-state index contributed by atoms with van der Waals surface area (Å²) < 4.78 is 9.66. The maximum absolute atomic E-state index is 11.2. The van der Waals surface area contributed by atoms with Gasteiger partial charge < -0.3 is 14.8 Å². The highest BCUT2D eigenvalue weighted by molar-refractivity contribution is 5.86. The molecular weight excluding hydrogens is 186 g/mol. The minimum Gasteiger partial charge on any atom is -0.458 e. The predicted octanol–water partition coefficient (Wildman–Crippen LogP) is 0.825. The second-order valence-corrected chi connectivity index (χ2v) is 4.27. The molecule has 0 aromatic rings. The van der Waals surface area contributed by atoms with E-state index in [1.807, 2.05) is 0 Å². The quantitative estimate of drug-likeness (QED) is 0.638. The Kier molecular flexibility index (Phi) is 2.69. The van der Waals surface area contributed by atoms with Crippen LogP contribution < -0.4 is 5.32 Å². The van der Waals surface area contributed by atoms with Gasteiger partial charge in [0.2, 0.25) is 0 Å². The summed E-state index contributed by atoms with van der Waals surface area (Å²) in [5.74, 6) is -0.414. The molecule has 5 heteroatoms. The molecule has 0 saturated carbocycles. The van der Waals surface area contributed by atoms with Gasteiger partial charge in [-0.05, 0) is 27.7 Å². The Morgan fingerprint density at radius 2 is 2.07 bits per heavy atom. The van der Waals surface area contributed by atoms with Crippen molar-refractivity contribution in [3.63, 3.8) is 0 Å². The molecule has 0 bridgehead atoms. The summed E-state index contributed by atoms with van der Waals surface area (Å²) in [7, 11) is 0. The number of carbonyl (C=O) groups is 2. The van der Waals surface area contributed by atoms with Gasteiger partial charge in [-0.1, -0.05) is 0 Å². The average Bonchev–Trinajstić information content (AvgIpc) is 1.98. The van der Waals surface area contributed by atoms with Crippen molar-refractivity contribution in [3.05, 3.63) is 0 Å². The minimum atomic E-state index is -0.592. The Morgan fingerprint density at radius 1 is 1.50 bits per heavy atom. The molecule has 1 rings (SSSR count). The Bertz CT molecular complexity index is 256. The molecule has 14 heavy (non-hydrogen) atoms. The van der Waals surface area contributed by atoms with Crippen LogP contribution in [0.4, 0.5) is 4.79 Å². The van der Waals surface area contributed by atoms with Crippen LogP contribution in [0, 0.1) is 0 Å². The van der Waals surface area contributed by atoms with Gasteiger partial charge in [0.05, 0.1) is 0 Å². The van der Waals surface area contributed by atoms with E-state index in [-0.39, 0.29) is 6.10 Å². The van der Waals surface area contributed by atoms with Crippen molar-refractivity contribution in [2.45, 2.75) is 45.4 Å². The molecule has 0 aromatic heterocycles. The van der Waals surface area contributed by atoms with Crippen molar-refractivity contribution in [3.8, 4) is 0 Å². The Labute approximate surface area is 82.8 Å². The Balaban J connectivity index is 2.38. The lowest BCUT2D eigenvalue weighted by Gasteiger charge is -2.33. The lowest BCUT2D eigenvalue weighted by Crippen LogP contribution is -2.59. The van der Waals surface area contributed by atoms with Crippen LogP contribution >= 0.6 is 0 Å². The fourth-order valence-electron chi connectivity index (χ4n) is 1.05. The molecule has 0 radical (unpaired) electrons. The van der Waals surface area contributed by atoms with Crippen LogP contribution in [0.3, 0.4) is 0 Å². The maximum Gasteiger partial charge on any atom is 0.408 e. The van der Waals surface area contributed by atoms with Gasteiger partial charge in [-0.3, -0.25) is 0 Å². The maximum atomic E-state index is 11.2. The molecule has 0 unspecified atom stereocenters. The van der Waals surface area contributed by atoms with E-state index in [1.54, 1.807) is 27.7 Å². The molecule has 5 nitrogen and oxygen atoms in total. The number of rotatable bonds is 1. The van der Waals surface area contributed by atoms with Crippen molar-refractivity contribution in [2.75, 3.05) is 0 Å². The van der Waals surface area contributed by atoms with Crippen molar-refractivity contribution in [2.24, 2.45) is 0 Å². The average molecular weight is 201 g/mol. The van der Waals surface area contributed by atoms with Crippen LogP contribution in [-0.2, 0) is 14.3 Å². The van der Waals surface area contributed by atoms with E-state index in [4.69, 9.17) is 4.74 Å². The van der Waals surface area contributed by atoms with Crippen LogP contribution in [0.25, 0.3) is 0 Å². The Morgan fingerprint density at radius 3 is 2.43 bits per heavy atom. The first kappa shape index (κ1) is 10.8. The number of ether oxygens (including phenoxy) is 2. The number of amides is 1. The molecule has 1 aliphatic heterocycles. The first-order valence-electron chi connectivity index (χ1n) is 4.49. The van der Waals surface area contributed by atoms with Gasteiger partial charge in [0.1, 0.15) is 11.7 Å². The summed E-state index contributed by atoms with van der Waals surface area (Å²) in [6.07, 6.45) is -0.860. The summed E-state index contributed by atoms with van der Waals surface area (Å²) in [5, 5.41) is 2.44. The summed E-state index contributed by atoms with van der Waals surface area (Å²) in [6, 6.07) is -0.565. The van der Waals surface area contributed by atoms with Gasteiger partial charge in [0, 0.05) is 0 Å². The molecule has 80 valence electrons. The standard InChI is InChI=1S/C9H15NO4/c1-5-6(7(11)13-5)10-8(12)14-9(2,3)4/h5-6H,1-4H3,(H,10,12)/t5-,6+/m1/s1. The SMILES string of the molecule is C[C@H]1OC(=O)[C@H]1NC(=O)OC(C)(C)C. The fraction of sp³-hybridized carbons (Fsp3) is 0.778. The third-order valence-electron chi connectivity index (χ3n) is 1.70. The number of alkyl carbamates (subject to hydrolysis) is 1. The molecule has 2 atom stereocenters. The number of cyclic esters (lactones) is 1. The van der Waals surface area contributed by atoms with E-state index >= 15 is 0 Å². The molecule has 1 fully saturated rings. The van der Waals surface area contributed by atoms with Crippen LogP contribution in [-0.4, -0.2) is 29.8 Å². The second kappa shape index (κ2) is 3.48. The van der Waals surface area contributed by atoms with E-state index in [0.29, 0.717) is 0 Å². The third-order valence-corrected chi connectivity index (χ3v) is 1.70. The van der Waals surface area contributed by atoms with E-state index in [9.17, 15) is 9.59 Å². The molecule has 0 aromatic carbocycles. The summed E-state index contributed by atoms with van der Waals surface area (Å²) >= 11 is 0. The van der Waals surface area contributed by atoms with Gasteiger partial charge in [0.15, 0.2) is 6.04 Å². The zero-order chi connectivity index (χ0) is 10.9. The fourth-order valence-corrected chi connectivity index (χ4v) is 1.05. The molecule has 0 spiro atoms. The topological polar surface area (TPSA) is 64.6 Å². The number of esters is 1. The molecule has 1 amide bonds. The number of hydrogen-bond acceptors (Lipinski definition) is 4. The molecule has 0 aliphatic carbocycles. The lowest BCUT2D eigenvalue weighted by molar-refractivity contribution is -0.174. The van der Waals surface area contributed by atoms with Gasteiger partial charge >= 0.3 is 12.1 Å². The molecule has 1 saturated heterocycles. The highest BCUT2D eigenvalue weighted by atomic mass is 16.6. The van der Waals surface area contributed by atoms with Crippen molar-refractivity contribution in [1.82, 2.24) is 5.32 Å². The number of carbonyl (C=O) groups excluding carboxylic acids is 2. The summed E-state index contributed by atoms with van der Waals surface area (Å²) in [6.45, 7) is 6.99. The van der Waals surface area contributed by atoms with Gasteiger partial charge in [-0.25, -0.2) is 9.59 Å². The highest BCUT2D eigenvalue weighted by Gasteiger charge is 2.41. The third kappa shape index (κ3) is 2.61. The van der Waals surface area contributed by atoms with E-state index in [1.165, 1.54) is 0 Å². The summed E-state index contributed by atoms with van der Waals surface area (Å²) in [4.78, 5) is 22.1. The van der Waals surface area contributed by atoms with Crippen molar-refractivity contribution in [1.29, 1.82) is 0 Å². The Hall–Kier alpha value is -1.26. The van der Waals surface area contributed by atoms with Gasteiger partial charge in [-0.15, -0.1) is 0 Å². The van der Waals surface area contributed by atoms with Gasteiger partial charge in [0.25, 0.3) is 0 Å². The van der Waals surface area contributed by atoms with Crippen LogP contribution in [0.2, 0.25) is 0 Å². The van der Waals surface area contributed by atoms with Crippen molar-refractivity contribution >= 4 is 12.1 Å². The lowest BCUT2D eigenvalue weighted by atomic mass is 10.1. The van der Waals surface area contributed by atoms with E-state index < -0.39 is 23.7 Å². The highest BCUT2D eigenvalue weighted by Crippen LogP contribution is 2.14. The molecule has 1 N–H and O–H groups in total. The predicted molar refractivity (Wildman–Crippen MR) is 48.7 cm³/mol. The number of hydrogen-bond donors (Lipinski definition) is 1. The van der Waals surface area contributed by atoms with Gasteiger partial charge in [-0.2, -0.15) is 0 Å². The minimum absolute atomic E-state index is 0.269. The van der Waals surface area contributed by atoms with Crippen LogP contribution in [0.15, 0.2) is 0 Å². The number of nitrogens with one attached hydrogen (secondary N) is 1. The summed E-state index contributed by atoms with van der Waals surface area (Å²) in [5.41, 5.74) is -0.555. The zero-order valence-corrected chi connectivity index (χ0v) is 8.79. The molecule has 1 aliphatic rings. The molecular formula is C9H15NO4.